The minimum absolute atomic E-state index is 0.344. The minimum Gasteiger partial charge on any atom is -0.307 e. The Bertz CT molecular complexity index is 3480. The molecule has 0 saturated carbocycles. The van der Waals surface area contributed by atoms with Gasteiger partial charge in [0, 0.05) is 27.6 Å². The summed E-state index contributed by atoms with van der Waals surface area (Å²) in [6.45, 7) is 0. The highest BCUT2D eigenvalue weighted by Crippen LogP contribution is 2.51. The monoisotopic (exact) mass is 874 g/mol. The van der Waals surface area contributed by atoms with Crippen LogP contribution in [-0.2, 0) is 0 Å². The predicted octanol–water partition coefficient (Wildman–Crippen LogP) is 18.1. The summed E-state index contributed by atoms with van der Waals surface area (Å²) in [5.41, 5.74) is 10.6. The molecule has 12 aromatic carbocycles. The lowest BCUT2D eigenvalue weighted by Gasteiger charge is -2.31. The molecule has 68 heavy (non-hydrogen) atoms. The molecule has 12 rings (SSSR count). The number of benzene rings is 11. The van der Waals surface area contributed by atoms with Crippen LogP contribution in [0, 0.1) is 23.8 Å². The first-order valence-electron chi connectivity index (χ1n) is 22.7. The largest absolute Gasteiger partial charge is 0.307 e. The van der Waals surface area contributed by atoms with Crippen LogP contribution in [0.5, 0.6) is 0 Å². The molecular weight excluding hydrogens is 835 g/mol. The summed E-state index contributed by atoms with van der Waals surface area (Å²) in [5, 5.41) is 5.97. The SMILES string of the molecule is Fc1cc(-c2ccccc2)cc(-c2ccccc2)c1N(c1c#cccc1)c1ccc2ccc3c(N(c4ccccc4)c4c(F)cc(-c5ccccc5)cc4-c4ccccc4)ccc4ccc1c2c43. The van der Waals surface area contributed by atoms with Crippen LogP contribution in [0.3, 0.4) is 0 Å². The van der Waals surface area contributed by atoms with Crippen LogP contribution in [0.4, 0.5) is 42.9 Å². The van der Waals surface area contributed by atoms with E-state index < -0.39 is 0 Å². The van der Waals surface area contributed by atoms with Crippen LogP contribution in [0.25, 0.3) is 76.8 Å². The van der Waals surface area contributed by atoms with Crippen LogP contribution in [0.2, 0.25) is 0 Å². The topological polar surface area (TPSA) is 6.48 Å². The molecule has 12 aromatic rings. The Hall–Kier alpha value is -9.04. The van der Waals surface area contributed by atoms with Gasteiger partial charge >= 0.3 is 0 Å². The average molecular weight is 875 g/mol. The Morgan fingerprint density at radius 2 is 0.750 bits per heavy atom. The number of hydrogen-bond donors (Lipinski definition) is 0. The van der Waals surface area contributed by atoms with Crippen molar-refractivity contribution >= 4 is 66.4 Å². The van der Waals surface area contributed by atoms with E-state index in [2.05, 4.69) is 77.7 Å². The van der Waals surface area contributed by atoms with Crippen LogP contribution in [0.15, 0.2) is 243 Å². The van der Waals surface area contributed by atoms with Crippen molar-refractivity contribution in [3.05, 3.63) is 266 Å². The van der Waals surface area contributed by atoms with Crippen molar-refractivity contribution in [2.45, 2.75) is 0 Å². The Morgan fingerprint density at radius 1 is 0.338 bits per heavy atom. The van der Waals surface area contributed by atoms with E-state index >= 15 is 8.78 Å². The second kappa shape index (κ2) is 17.1. The summed E-state index contributed by atoms with van der Waals surface area (Å²) >= 11 is 0. The summed E-state index contributed by atoms with van der Waals surface area (Å²) in [4.78, 5) is 4.05. The van der Waals surface area contributed by atoms with Gasteiger partial charge in [-0.25, -0.2) is 8.78 Å². The number of hydrogen-bond acceptors (Lipinski definition) is 2. The predicted molar refractivity (Wildman–Crippen MR) is 279 cm³/mol. The maximum absolute atomic E-state index is 17.6. The maximum Gasteiger partial charge on any atom is 0.148 e. The lowest BCUT2D eigenvalue weighted by atomic mass is 9.90. The number of rotatable bonds is 10. The van der Waals surface area contributed by atoms with Crippen molar-refractivity contribution in [2.24, 2.45) is 0 Å². The number of halogens is 2. The zero-order valence-electron chi connectivity index (χ0n) is 36.7. The van der Waals surface area contributed by atoms with E-state index in [-0.39, 0.29) is 11.6 Å². The van der Waals surface area contributed by atoms with Gasteiger partial charge in [0.05, 0.1) is 28.4 Å². The molecule has 0 amide bonds. The fourth-order valence-electron chi connectivity index (χ4n) is 9.89. The van der Waals surface area contributed by atoms with Crippen LogP contribution in [-0.4, -0.2) is 0 Å². The normalized spacial score (nSPS) is 11.3. The van der Waals surface area contributed by atoms with Crippen LogP contribution < -0.4 is 9.80 Å². The van der Waals surface area contributed by atoms with Gasteiger partial charge in [0.1, 0.15) is 11.6 Å². The summed E-state index contributed by atoms with van der Waals surface area (Å²) in [6.07, 6.45) is 0. The van der Waals surface area contributed by atoms with Gasteiger partial charge in [0.15, 0.2) is 0 Å². The van der Waals surface area contributed by atoms with Gasteiger partial charge < -0.3 is 4.90 Å². The molecule has 0 aliphatic rings. The lowest BCUT2D eigenvalue weighted by Crippen LogP contribution is -2.14. The summed E-state index contributed by atoms with van der Waals surface area (Å²) in [6, 6.07) is 86.6. The Balaban J connectivity index is 1.12. The van der Waals surface area contributed by atoms with Crippen LogP contribution in [0.1, 0.15) is 0 Å². The molecule has 0 N–H and O–H groups in total. The van der Waals surface area contributed by atoms with E-state index in [4.69, 9.17) is 0 Å². The van der Waals surface area contributed by atoms with Crippen molar-refractivity contribution in [3.8, 4) is 44.5 Å². The molecule has 0 radical (unpaired) electrons. The fraction of sp³-hybridized carbons (Fsp3) is 0. The van der Waals surface area contributed by atoms with E-state index in [1.165, 1.54) is 0 Å². The van der Waals surface area contributed by atoms with Gasteiger partial charge in [-0.15, -0.1) is 0 Å². The van der Waals surface area contributed by atoms with Gasteiger partial charge in [-0.05, 0) is 122 Å². The molecule has 0 aromatic heterocycles. The molecule has 0 atom stereocenters. The van der Waals surface area contributed by atoms with Crippen molar-refractivity contribution in [3.63, 3.8) is 0 Å². The second-order valence-corrected chi connectivity index (χ2v) is 17.0. The quantitative estimate of drug-likeness (QED) is 0.126. The Morgan fingerprint density at radius 3 is 1.21 bits per heavy atom. The summed E-state index contributed by atoms with van der Waals surface area (Å²) in [7, 11) is 0. The molecule has 0 unspecified atom stereocenters. The smallest absolute Gasteiger partial charge is 0.148 e. The molecule has 0 saturated heterocycles. The van der Waals surface area contributed by atoms with E-state index in [1.54, 1.807) is 18.2 Å². The molecule has 0 aliphatic heterocycles. The highest BCUT2D eigenvalue weighted by Gasteiger charge is 2.28. The van der Waals surface area contributed by atoms with Crippen LogP contribution >= 0.6 is 0 Å². The molecule has 0 aliphatic carbocycles. The average Bonchev–Trinajstić information content (AvgIpc) is 3.41. The molecule has 4 heteroatoms. The third-order valence-electron chi connectivity index (χ3n) is 12.9. The van der Waals surface area contributed by atoms with Gasteiger partial charge in [-0.2, -0.15) is 0 Å². The third kappa shape index (κ3) is 7.06. The molecule has 0 spiro atoms. The standard InChI is InChI=1S/C64H40F2N2/c65-57-41-49(43-19-7-1-8-20-43)39-55(45-23-11-3-12-24-45)63(57)67(51-27-15-5-16-28-51)59-37-33-47-32-36-54-60(38-34-48-31-35-53(59)61(47)62(48)54)68(52-29-17-6-18-30-52)64-56(46-25-13-4-14-26-46)40-50(42-58(64)66)44-21-9-2-10-22-44/h1-17,19-29,31-42H. The Labute approximate surface area is 394 Å². The number of nitrogens with zero attached hydrogens (tertiary/aromatic N) is 2. The van der Waals surface area contributed by atoms with Gasteiger partial charge in [0.25, 0.3) is 0 Å². The molecular formula is C64H40F2N2. The highest BCUT2D eigenvalue weighted by molar-refractivity contribution is 6.28. The van der Waals surface area contributed by atoms with E-state index in [0.29, 0.717) is 17.1 Å². The van der Waals surface area contributed by atoms with Crippen molar-refractivity contribution in [1.29, 1.82) is 0 Å². The fourth-order valence-corrected chi connectivity index (χ4v) is 9.89. The van der Waals surface area contributed by atoms with Gasteiger partial charge in [0.2, 0.25) is 0 Å². The number of para-hydroxylation sites is 1. The third-order valence-corrected chi connectivity index (χ3v) is 12.9. The highest BCUT2D eigenvalue weighted by atomic mass is 19.1. The lowest BCUT2D eigenvalue weighted by molar-refractivity contribution is 0.629. The van der Waals surface area contributed by atoms with E-state index in [0.717, 1.165) is 93.9 Å². The summed E-state index contributed by atoms with van der Waals surface area (Å²) in [5.74, 6) is -0.716. The van der Waals surface area contributed by atoms with Crippen molar-refractivity contribution in [1.82, 2.24) is 0 Å². The Kier molecular flexibility index (Phi) is 10.2. The molecule has 0 heterocycles. The van der Waals surface area contributed by atoms with Gasteiger partial charge in [-0.3, -0.25) is 4.90 Å². The van der Waals surface area contributed by atoms with Crippen molar-refractivity contribution in [2.75, 3.05) is 9.80 Å². The first kappa shape index (κ1) is 40.5. The van der Waals surface area contributed by atoms with E-state index in [1.807, 2.05) is 169 Å². The molecule has 0 bridgehead atoms. The van der Waals surface area contributed by atoms with E-state index in [9.17, 15) is 0 Å². The number of anilines is 6. The maximum atomic E-state index is 17.6. The van der Waals surface area contributed by atoms with Crippen molar-refractivity contribution < 1.29 is 8.78 Å². The molecule has 0 fully saturated rings. The second-order valence-electron chi connectivity index (χ2n) is 17.0. The zero-order valence-corrected chi connectivity index (χ0v) is 36.7. The first-order chi connectivity index (χ1) is 33.6. The molecule has 320 valence electrons. The zero-order chi connectivity index (χ0) is 45.6. The first-order valence-corrected chi connectivity index (χ1v) is 22.7. The summed E-state index contributed by atoms with van der Waals surface area (Å²) < 4.78 is 35.2. The van der Waals surface area contributed by atoms with Gasteiger partial charge in [-0.1, -0.05) is 188 Å². The minimum atomic E-state index is -0.372. The molecule has 2 nitrogen and oxygen atoms in total.